The monoisotopic (exact) mass is 792 g/mol. The van der Waals surface area contributed by atoms with Crippen molar-refractivity contribution in [3.63, 3.8) is 0 Å². The van der Waals surface area contributed by atoms with E-state index in [-0.39, 0.29) is 39.5 Å². The Balaban J connectivity index is 1.27. The quantitative estimate of drug-likeness (QED) is 0.162. The van der Waals surface area contributed by atoms with Gasteiger partial charge in [0.1, 0.15) is 0 Å². The van der Waals surface area contributed by atoms with E-state index in [2.05, 4.69) is 183 Å². The van der Waals surface area contributed by atoms with E-state index in [9.17, 15) is 0 Å². The highest BCUT2D eigenvalue weighted by molar-refractivity contribution is 7.00. The molecule has 0 saturated heterocycles. The third kappa shape index (κ3) is 4.80. The van der Waals surface area contributed by atoms with Crippen molar-refractivity contribution in [3.8, 4) is 0 Å². The number of fused-ring (bicyclic) bond motifs is 10. The molecule has 0 spiro atoms. The number of nitrogens with zero attached hydrogens (tertiary/aromatic N) is 3. The summed E-state index contributed by atoms with van der Waals surface area (Å²) in [4.78, 5) is 8.45. The van der Waals surface area contributed by atoms with Gasteiger partial charge in [-0.3, -0.25) is 0 Å². The number of hydrogen-bond acceptors (Lipinski definition) is 3. The Bertz CT molecular complexity index is 2640. The van der Waals surface area contributed by atoms with Gasteiger partial charge >= 0.3 is 0 Å². The zero-order chi connectivity index (χ0) is 42.1. The Morgan fingerprint density at radius 2 is 1.05 bits per heavy atom. The summed E-state index contributed by atoms with van der Waals surface area (Å²) < 4.78 is 0. The standard InChI is InChI=1S/C56H66BN3/c1-35-17-21-39(22-18-35)58-46-23-19-36(2)29-43(46)57-44-32-38(52(6,7)8)31-42-50(44)60(56(12)28-16-14-26-54(42,56)10)48-34-40(33-47(58)49(48)57)59-45-24-20-37(51(3,4)5)30-41(45)53(9)25-13-15-27-55(53,59)11/h17-24,29-34H,13-16,25-28H2,1-12H3. The molecule has 3 nitrogen and oxygen atoms in total. The van der Waals surface area contributed by atoms with Crippen LogP contribution in [0.25, 0.3) is 0 Å². The van der Waals surface area contributed by atoms with E-state index in [1.165, 1.54) is 130 Å². The van der Waals surface area contributed by atoms with Crippen LogP contribution in [0.5, 0.6) is 0 Å². The summed E-state index contributed by atoms with van der Waals surface area (Å²) in [7, 11) is 0. The normalized spacial score (nSPS) is 27.3. The van der Waals surface area contributed by atoms with Gasteiger partial charge in [-0.2, -0.15) is 0 Å². The molecule has 0 radical (unpaired) electrons. The van der Waals surface area contributed by atoms with E-state index >= 15 is 0 Å². The van der Waals surface area contributed by atoms with Crippen molar-refractivity contribution in [2.45, 2.75) is 167 Å². The first-order valence-electron chi connectivity index (χ1n) is 23.4. The predicted molar refractivity (Wildman–Crippen MR) is 258 cm³/mol. The molecule has 0 N–H and O–H groups in total. The topological polar surface area (TPSA) is 9.72 Å². The molecule has 0 bridgehead atoms. The molecule has 5 aromatic rings. The number of benzene rings is 5. The SMILES string of the molecule is Cc1ccc(N2c3ccc(C)cc3B3c4cc(C(C)(C)C)cc5c4N(c4cc(N6c7ccc(C(C)(C)C)cc7C7(C)CCCCC67C)cc2c43)C2(C)CCCCC52C)cc1. The van der Waals surface area contributed by atoms with Crippen molar-refractivity contribution in [2.24, 2.45) is 0 Å². The van der Waals surface area contributed by atoms with E-state index in [0.717, 1.165) is 0 Å². The highest BCUT2D eigenvalue weighted by Gasteiger charge is 2.63. The van der Waals surface area contributed by atoms with Crippen LogP contribution in [-0.4, -0.2) is 17.8 Å². The third-order valence-corrected chi connectivity index (χ3v) is 17.6. The zero-order valence-corrected chi connectivity index (χ0v) is 38.7. The van der Waals surface area contributed by atoms with Gasteiger partial charge in [0.15, 0.2) is 0 Å². The van der Waals surface area contributed by atoms with Crippen LogP contribution in [0, 0.1) is 13.8 Å². The van der Waals surface area contributed by atoms with Gasteiger partial charge in [-0.1, -0.05) is 141 Å². The predicted octanol–water partition coefficient (Wildman–Crippen LogP) is 13.0. The Hall–Kier alpha value is -4.44. The fraction of sp³-hybridized carbons (Fsp3) is 0.464. The average Bonchev–Trinajstić information content (AvgIpc) is 3.54. The molecule has 2 aliphatic carbocycles. The second-order valence-corrected chi connectivity index (χ2v) is 23.1. The third-order valence-electron chi connectivity index (χ3n) is 17.6. The molecule has 4 unspecified atom stereocenters. The van der Waals surface area contributed by atoms with Crippen molar-refractivity contribution >= 4 is 62.9 Å². The lowest BCUT2D eigenvalue weighted by atomic mass is 9.33. The molecule has 11 rings (SSSR count). The van der Waals surface area contributed by atoms with E-state index in [1.54, 1.807) is 11.1 Å². The van der Waals surface area contributed by atoms with Gasteiger partial charge in [-0.15, -0.1) is 0 Å². The number of rotatable bonds is 2. The lowest BCUT2D eigenvalue weighted by Crippen LogP contribution is -2.64. The minimum Gasteiger partial charge on any atom is -0.335 e. The highest BCUT2D eigenvalue weighted by atomic mass is 15.3. The second-order valence-electron chi connectivity index (χ2n) is 23.1. The van der Waals surface area contributed by atoms with Gasteiger partial charge in [0, 0.05) is 50.6 Å². The molecule has 5 aromatic carbocycles. The molecule has 0 amide bonds. The van der Waals surface area contributed by atoms with Crippen molar-refractivity contribution in [2.75, 3.05) is 14.7 Å². The smallest absolute Gasteiger partial charge is 0.252 e. The van der Waals surface area contributed by atoms with Crippen LogP contribution in [0.15, 0.2) is 84.9 Å². The maximum Gasteiger partial charge on any atom is 0.252 e. The molecule has 4 heteroatoms. The van der Waals surface area contributed by atoms with Crippen LogP contribution >= 0.6 is 0 Å². The van der Waals surface area contributed by atoms with E-state index < -0.39 is 0 Å². The summed E-state index contributed by atoms with van der Waals surface area (Å²) in [6.45, 7) is 29.5. The van der Waals surface area contributed by atoms with Gasteiger partial charge in [-0.05, 0) is 139 Å². The van der Waals surface area contributed by atoms with E-state index in [0.29, 0.717) is 0 Å². The summed E-state index contributed by atoms with van der Waals surface area (Å²) in [6, 6.07) is 34.8. The second kappa shape index (κ2) is 12.1. The fourth-order valence-corrected chi connectivity index (χ4v) is 13.6. The largest absolute Gasteiger partial charge is 0.335 e. The molecule has 60 heavy (non-hydrogen) atoms. The van der Waals surface area contributed by atoms with Crippen molar-refractivity contribution in [1.29, 1.82) is 0 Å². The summed E-state index contributed by atoms with van der Waals surface area (Å²) in [6.07, 6.45) is 9.94. The maximum atomic E-state index is 2.94. The van der Waals surface area contributed by atoms with Crippen molar-refractivity contribution < 1.29 is 0 Å². The highest BCUT2D eigenvalue weighted by Crippen LogP contribution is 2.65. The Labute approximate surface area is 361 Å². The molecule has 4 aliphatic heterocycles. The Kier molecular flexibility index (Phi) is 7.79. The average molecular weight is 792 g/mol. The van der Waals surface area contributed by atoms with Crippen molar-refractivity contribution in [3.05, 3.63) is 118 Å². The first-order valence-corrected chi connectivity index (χ1v) is 23.4. The zero-order valence-electron chi connectivity index (χ0n) is 38.7. The van der Waals surface area contributed by atoms with Crippen LogP contribution in [0.2, 0.25) is 0 Å². The van der Waals surface area contributed by atoms with Crippen LogP contribution in [0.4, 0.5) is 39.8 Å². The van der Waals surface area contributed by atoms with Gasteiger partial charge in [-0.25, -0.2) is 0 Å². The van der Waals surface area contributed by atoms with E-state index in [1.807, 2.05) is 0 Å². The van der Waals surface area contributed by atoms with Gasteiger partial charge < -0.3 is 14.7 Å². The Morgan fingerprint density at radius 3 is 1.72 bits per heavy atom. The van der Waals surface area contributed by atoms with E-state index in [4.69, 9.17) is 0 Å². The molecule has 6 aliphatic rings. The molecule has 0 aromatic heterocycles. The van der Waals surface area contributed by atoms with Gasteiger partial charge in [0.05, 0.1) is 11.1 Å². The molecular weight excluding hydrogens is 725 g/mol. The fourth-order valence-electron chi connectivity index (χ4n) is 13.6. The van der Waals surface area contributed by atoms with Crippen molar-refractivity contribution in [1.82, 2.24) is 0 Å². The molecular formula is C56H66BN3. The van der Waals surface area contributed by atoms with Crippen LogP contribution < -0.4 is 31.1 Å². The maximum absolute atomic E-state index is 2.94. The first-order chi connectivity index (χ1) is 28.3. The molecule has 2 fully saturated rings. The molecule has 4 heterocycles. The molecule has 2 saturated carbocycles. The first kappa shape index (κ1) is 38.5. The minimum atomic E-state index is -0.0591. The number of aryl methyl sites for hydroxylation is 2. The van der Waals surface area contributed by atoms with Crippen LogP contribution in [-0.2, 0) is 21.7 Å². The number of anilines is 7. The summed E-state index contributed by atoms with van der Waals surface area (Å²) in [5.41, 5.74) is 22.8. The summed E-state index contributed by atoms with van der Waals surface area (Å²) >= 11 is 0. The number of hydrogen-bond donors (Lipinski definition) is 0. The minimum absolute atomic E-state index is 0.0312. The Morgan fingerprint density at radius 1 is 0.483 bits per heavy atom. The molecule has 4 atom stereocenters. The van der Waals surface area contributed by atoms with Gasteiger partial charge in [0.25, 0.3) is 6.71 Å². The lowest BCUT2D eigenvalue weighted by molar-refractivity contribution is 0.194. The molecule has 308 valence electrons. The van der Waals surface area contributed by atoms with Gasteiger partial charge in [0.2, 0.25) is 0 Å². The lowest BCUT2D eigenvalue weighted by Gasteiger charge is -2.53. The van der Waals surface area contributed by atoms with Crippen LogP contribution in [0.3, 0.4) is 0 Å². The summed E-state index contributed by atoms with van der Waals surface area (Å²) in [5, 5.41) is 0. The van der Waals surface area contributed by atoms with Crippen LogP contribution in [0.1, 0.15) is 154 Å². The summed E-state index contributed by atoms with van der Waals surface area (Å²) in [5.74, 6) is 0.